The summed E-state index contributed by atoms with van der Waals surface area (Å²) in [5, 5.41) is 0. The molecule has 0 spiro atoms. The van der Waals surface area contributed by atoms with Crippen molar-refractivity contribution in [1.29, 1.82) is 0 Å². The summed E-state index contributed by atoms with van der Waals surface area (Å²) < 4.78 is 14.9. The number of benzene rings is 2. The molecule has 3 aromatic rings. The molecule has 0 aliphatic rings. The molecule has 0 unspecified atom stereocenters. The van der Waals surface area contributed by atoms with Crippen LogP contribution in [0.1, 0.15) is 17.3 Å². The number of ether oxygens (including phenoxy) is 2. The third-order valence-corrected chi connectivity index (χ3v) is 5.41. The minimum absolute atomic E-state index is 0.270. The van der Waals surface area contributed by atoms with Crippen LogP contribution in [-0.2, 0) is 11.3 Å². The SMILES string of the molecule is CCOCCn1c(=NC(=O)c2ccc(Br)cc2)sc2cccc(OC)c21. The van der Waals surface area contributed by atoms with E-state index in [0.717, 1.165) is 20.4 Å². The Kier molecular flexibility index (Phi) is 6.24. The van der Waals surface area contributed by atoms with Gasteiger partial charge in [-0.15, -0.1) is 0 Å². The second-order valence-corrected chi connectivity index (χ2v) is 7.39. The molecule has 0 saturated heterocycles. The van der Waals surface area contributed by atoms with Gasteiger partial charge in [0.25, 0.3) is 5.91 Å². The second kappa shape index (κ2) is 8.62. The summed E-state index contributed by atoms with van der Waals surface area (Å²) in [6.07, 6.45) is 0. The number of carbonyl (C=O) groups is 1. The lowest BCUT2D eigenvalue weighted by atomic mass is 10.2. The Morgan fingerprint density at radius 3 is 2.69 bits per heavy atom. The first-order valence-corrected chi connectivity index (χ1v) is 9.83. The highest BCUT2D eigenvalue weighted by molar-refractivity contribution is 9.10. The molecule has 136 valence electrons. The lowest BCUT2D eigenvalue weighted by Gasteiger charge is -2.08. The minimum atomic E-state index is -0.270. The summed E-state index contributed by atoms with van der Waals surface area (Å²) in [7, 11) is 1.64. The molecule has 1 heterocycles. The van der Waals surface area contributed by atoms with Crippen LogP contribution in [0, 0.1) is 0 Å². The summed E-state index contributed by atoms with van der Waals surface area (Å²) >= 11 is 4.84. The smallest absolute Gasteiger partial charge is 0.279 e. The standard InChI is InChI=1S/C19H19BrN2O3S/c1-3-25-12-11-22-17-15(24-2)5-4-6-16(17)26-19(22)21-18(23)13-7-9-14(20)10-8-13/h4-10H,3,11-12H2,1-2H3. The summed E-state index contributed by atoms with van der Waals surface area (Å²) in [5.74, 6) is 0.487. The topological polar surface area (TPSA) is 52.8 Å². The van der Waals surface area contributed by atoms with Crippen molar-refractivity contribution >= 4 is 43.4 Å². The molecule has 0 N–H and O–H groups in total. The first-order chi connectivity index (χ1) is 12.6. The zero-order chi connectivity index (χ0) is 18.5. The van der Waals surface area contributed by atoms with Crippen molar-refractivity contribution in [3.05, 3.63) is 57.3 Å². The summed E-state index contributed by atoms with van der Waals surface area (Å²) in [6, 6.07) is 13.0. The van der Waals surface area contributed by atoms with Crippen LogP contribution in [-0.4, -0.2) is 30.8 Å². The van der Waals surface area contributed by atoms with Gasteiger partial charge in [0.1, 0.15) is 11.3 Å². The number of hydrogen-bond donors (Lipinski definition) is 0. The fraction of sp³-hybridized carbons (Fsp3) is 0.263. The third kappa shape index (κ3) is 4.06. The molecule has 5 nitrogen and oxygen atoms in total. The maximum atomic E-state index is 12.6. The third-order valence-electron chi connectivity index (χ3n) is 3.84. The Bertz CT molecular complexity index is 977. The van der Waals surface area contributed by atoms with E-state index in [1.54, 1.807) is 19.2 Å². The van der Waals surface area contributed by atoms with Crippen molar-refractivity contribution < 1.29 is 14.3 Å². The zero-order valence-corrected chi connectivity index (χ0v) is 17.0. The summed E-state index contributed by atoms with van der Waals surface area (Å²) in [6.45, 7) is 3.74. The predicted octanol–water partition coefficient (Wildman–Crippen LogP) is 4.25. The molecule has 0 aliphatic heterocycles. The van der Waals surface area contributed by atoms with E-state index in [2.05, 4.69) is 20.9 Å². The number of para-hydroxylation sites is 1. The number of amides is 1. The Hall–Kier alpha value is -1.96. The van der Waals surface area contributed by atoms with Gasteiger partial charge in [-0.3, -0.25) is 4.79 Å². The van der Waals surface area contributed by atoms with Gasteiger partial charge < -0.3 is 14.0 Å². The van der Waals surface area contributed by atoms with Gasteiger partial charge >= 0.3 is 0 Å². The molecule has 26 heavy (non-hydrogen) atoms. The molecular weight excluding hydrogens is 416 g/mol. The van der Waals surface area contributed by atoms with E-state index in [-0.39, 0.29) is 5.91 Å². The van der Waals surface area contributed by atoms with E-state index in [9.17, 15) is 4.79 Å². The first kappa shape index (κ1) is 18.8. The molecule has 0 radical (unpaired) electrons. The fourth-order valence-corrected chi connectivity index (χ4v) is 3.94. The number of carbonyl (C=O) groups excluding carboxylic acids is 1. The summed E-state index contributed by atoms with van der Waals surface area (Å²) in [4.78, 5) is 17.6. The van der Waals surface area contributed by atoms with E-state index in [1.807, 2.05) is 41.8 Å². The van der Waals surface area contributed by atoms with Crippen molar-refractivity contribution in [2.75, 3.05) is 20.3 Å². The van der Waals surface area contributed by atoms with Gasteiger partial charge in [0.15, 0.2) is 4.80 Å². The van der Waals surface area contributed by atoms with Crippen LogP contribution in [0.15, 0.2) is 51.9 Å². The van der Waals surface area contributed by atoms with Crippen LogP contribution in [0.2, 0.25) is 0 Å². The second-order valence-electron chi connectivity index (χ2n) is 5.46. The van der Waals surface area contributed by atoms with Gasteiger partial charge in [0.05, 0.1) is 18.4 Å². The van der Waals surface area contributed by atoms with Gasteiger partial charge in [0, 0.05) is 23.2 Å². The lowest BCUT2D eigenvalue weighted by Crippen LogP contribution is -2.20. The number of hydrogen-bond acceptors (Lipinski definition) is 4. The number of thiazole rings is 1. The highest BCUT2D eigenvalue weighted by Crippen LogP contribution is 2.27. The molecule has 0 saturated carbocycles. The van der Waals surface area contributed by atoms with Gasteiger partial charge in [-0.25, -0.2) is 0 Å². The highest BCUT2D eigenvalue weighted by atomic mass is 79.9. The van der Waals surface area contributed by atoms with Crippen LogP contribution in [0.3, 0.4) is 0 Å². The van der Waals surface area contributed by atoms with Gasteiger partial charge in [-0.05, 0) is 43.3 Å². The Balaban J connectivity index is 2.09. The van der Waals surface area contributed by atoms with Crippen molar-refractivity contribution in [2.45, 2.75) is 13.5 Å². The van der Waals surface area contributed by atoms with E-state index < -0.39 is 0 Å². The average Bonchev–Trinajstić information content (AvgIpc) is 2.99. The van der Waals surface area contributed by atoms with Crippen LogP contribution in [0.25, 0.3) is 10.2 Å². The van der Waals surface area contributed by atoms with E-state index >= 15 is 0 Å². The molecule has 3 rings (SSSR count). The fourth-order valence-electron chi connectivity index (χ4n) is 2.60. The molecule has 0 atom stereocenters. The number of aromatic nitrogens is 1. The monoisotopic (exact) mass is 434 g/mol. The number of nitrogens with zero attached hydrogens (tertiary/aromatic N) is 2. The van der Waals surface area contributed by atoms with Crippen molar-refractivity contribution in [1.82, 2.24) is 4.57 Å². The van der Waals surface area contributed by atoms with Crippen LogP contribution in [0.5, 0.6) is 5.75 Å². The Morgan fingerprint density at radius 1 is 1.23 bits per heavy atom. The molecule has 1 aromatic heterocycles. The van der Waals surface area contributed by atoms with Crippen LogP contribution in [0.4, 0.5) is 0 Å². The number of rotatable bonds is 6. The number of fused-ring (bicyclic) bond motifs is 1. The van der Waals surface area contributed by atoms with Crippen molar-refractivity contribution in [3.63, 3.8) is 0 Å². The zero-order valence-electron chi connectivity index (χ0n) is 14.6. The molecule has 1 amide bonds. The van der Waals surface area contributed by atoms with Crippen molar-refractivity contribution in [2.24, 2.45) is 4.99 Å². The molecule has 7 heteroatoms. The van der Waals surface area contributed by atoms with Crippen LogP contribution < -0.4 is 9.54 Å². The normalized spacial score (nSPS) is 11.9. The minimum Gasteiger partial charge on any atom is -0.495 e. The van der Waals surface area contributed by atoms with E-state index in [0.29, 0.717) is 30.1 Å². The molecule has 2 aromatic carbocycles. The predicted molar refractivity (Wildman–Crippen MR) is 107 cm³/mol. The van der Waals surface area contributed by atoms with Gasteiger partial charge in [-0.1, -0.05) is 33.3 Å². The molecule has 0 fully saturated rings. The average molecular weight is 435 g/mol. The number of methoxy groups -OCH3 is 1. The first-order valence-electron chi connectivity index (χ1n) is 8.22. The number of halogens is 1. The highest BCUT2D eigenvalue weighted by Gasteiger charge is 2.13. The Morgan fingerprint density at radius 2 is 2.00 bits per heavy atom. The quantitative estimate of drug-likeness (QED) is 0.544. The lowest BCUT2D eigenvalue weighted by molar-refractivity contribution is 0.0996. The maximum Gasteiger partial charge on any atom is 0.279 e. The molecule has 0 aliphatic carbocycles. The molecule has 0 bridgehead atoms. The Labute approximate surface area is 164 Å². The van der Waals surface area contributed by atoms with E-state index in [1.165, 1.54) is 11.3 Å². The maximum absolute atomic E-state index is 12.6. The summed E-state index contributed by atoms with van der Waals surface area (Å²) in [5.41, 5.74) is 1.48. The van der Waals surface area contributed by atoms with Crippen LogP contribution >= 0.6 is 27.3 Å². The molecular formula is C19H19BrN2O3S. The van der Waals surface area contributed by atoms with Gasteiger partial charge in [0.2, 0.25) is 0 Å². The van der Waals surface area contributed by atoms with Crippen molar-refractivity contribution in [3.8, 4) is 5.75 Å². The van der Waals surface area contributed by atoms with Gasteiger partial charge in [-0.2, -0.15) is 4.99 Å². The van der Waals surface area contributed by atoms with E-state index in [4.69, 9.17) is 9.47 Å². The largest absolute Gasteiger partial charge is 0.495 e.